The van der Waals surface area contributed by atoms with Crippen molar-refractivity contribution in [2.75, 3.05) is 45.3 Å². The molecule has 1 aliphatic heterocycles. The molecule has 0 saturated carbocycles. The van der Waals surface area contributed by atoms with Crippen LogP contribution in [0.3, 0.4) is 0 Å². The van der Waals surface area contributed by atoms with Crippen molar-refractivity contribution in [1.29, 1.82) is 0 Å². The van der Waals surface area contributed by atoms with Crippen LogP contribution in [0, 0.1) is 0 Å². The van der Waals surface area contributed by atoms with Crippen molar-refractivity contribution >= 4 is 45.4 Å². The minimum Gasteiger partial charge on any atom is -0.493 e. The highest BCUT2D eigenvalue weighted by atomic mass is 35.5. The molecule has 1 aromatic carbocycles. The van der Waals surface area contributed by atoms with Gasteiger partial charge in [-0.1, -0.05) is 6.07 Å². The van der Waals surface area contributed by atoms with Crippen molar-refractivity contribution in [3.8, 4) is 22.6 Å². The summed E-state index contributed by atoms with van der Waals surface area (Å²) in [5.74, 6) is 2.14. The normalized spacial score (nSPS) is 14.4. The van der Waals surface area contributed by atoms with Gasteiger partial charge in [-0.05, 0) is 29.3 Å². The summed E-state index contributed by atoms with van der Waals surface area (Å²) in [5, 5.41) is 3.24. The predicted molar refractivity (Wildman–Crippen MR) is 111 cm³/mol. The number of hydrogen-bond acceptors (Lipinski definition) is 7. The van der Waals surface area contributed by atoms with Gasteiger partial charge in [0.15, 0.2) is 11.5 Å². The second-order valence-electron chi connectivity index (χ2n) is 6.34. The number of rotatable bonds is 5. The number of hydrogen-bond donors (Lipinski definition) is 0. The number of carbonyl (C=O) groups excluding carboxylic acids is 1. The van der Waals surface area contributed by atoms with Crippen LogP contribution in [0.4, 0.5) is 5.82 Å². The topological polar surface area (TPSA) is 67.8 Å². The summed E-state index contributed by atoms with van der Waals surface area (Å²) in [7, 11) is 3.23. The van der Waals surface area contributed by atoms with Crippen molar-refractivity contribution in [2.45, 2.75) is 0 Å². The van der Waals surface area contributed by atoms with Crippen molar-refractivity contribution in [3.05, 3.63) is 28.9 Å². The first-order valence-electron chi connectivity index (χ1n) is 8.76. The lowest BCUT2D eigenvalue weighted by atomic mass is 10.0. The van der Waals surface area contributed by atoms with Gasteiger partial charge in [-0.2, -0.15) is 4.98 Å². The Morgan fingerprint density at radius 2 is 1.86 bits per heavy atom. The van der Waals surface area contributed by atoms with Gasteiger partial charge < -0.3 is 19.3 Å². The van der Waals surface area contributed by atoms with E-state index >= 15 is 0 Å². The molecule has 0 bridgehead atoms. The molecule has 0 aliphatic carbocycles. The van der Waals surface area contributed by atoms with E-state index in [1.165, 1.54) is 11.3 Å². The average molecular weight is 419 g/mol. The standard InChI is InChI=1S/C19H19ClN4O3S/c1-26-14-4-3-12(9-15(14)27-2)13-10-28-18-16(13)17(21-19(20)22-18)24-7-5-23(11-25)6-8-24/h3-4,9-11H,5-8H2,1-2H3. The van der Waals surface area contributed by atoms with Gasteiger partial charge in [-0.15, -0.1) is 11.3 Å². The maximum Gasteiger partial charge on any atom is 0.225 e. The molecular formula is C19H19ClN4O3S. The smallest absolute Gasteiger partial charge is 0.225 e. The third-order valence-electron chi connectivity index (χ3n) is 4.84. The fraction of sp³-hybridized carbons (Fsp3) is 0.316. The summed E-state index contributed by atoms with van der Waals surface area (Å²) < 4.78 is 10.8. The van der Waals surface area contributed by atoms with Gasteiger partial charge in [0.2, 0.25) is 11.7 Å². The van der Waals surface area contributed by atoms with E-state index in [1.54, 1.807) is 19.1 Å². The number of ether oxygens (including phenoxy) is 2. The molecular weight excluding hydrogens is 400 g/mol. The summed E-state index contributed by atoms with van der Waals surface area (Å²) in [6.45, 7) is 2.70. The fourth-order valence-corrected chi connectivity index (χ4v) is 4.54. The Bertz CT molecular complexity index is 1020. The Hall–Kier alpha value is -2.58. The fourth-order valence-electron chi connectivity index (χ4n) is 3.38. The molecule has 3 heterocycles. The van der Waals surface area contributed by atoms with Gasteiger partial charge in [0.25, 0.3) is 0 Å². The zero-order valence-corrected chi connectivity index (χ0v) is 17.1. The Kier molecular flexibility index (Phi) is 5.23. The number of halogens is 1. The number of piperazine rings is 1. The molecule has 0 unspecified atom stereocenters. The van der Waals surface area contributed by atoms with Crippen LogP contribution in [-0.4, -0.2) is 61.7 Å². The molecule has 0 spiro atoms. The zero-order valence-electron chi connectivity index (χ0n) is 15.5. The number of methoxy groups -OCH3 is 2. The predicted octanol–water partition coefficient (Wildman–Crippen LogP) is 3.31. The Balaban J connectivity index is 1.82. The SMILES string of the molecule is COc1ccc(-c2csc3nc(Cl)nc(N4CCN(C=O)CC4)c23)cc1OC. The lowest BCUT2D eigenvalue weighted by Gasteiger charge is -2.33. The molecule has 2 aromatic heterocycles. The van der Waals surface area contributed by atoms with Crippen LogP contribution in [0.15, 0.2) is 23.6 Å². The summed E-state index contributed by atoms with van der Waals surface area (Å²) in [6.07, 6.45) is 0.888. The molecule has 0 N–H and O–H groups in total. The second kappa shape index (κ2) is 7.81. The molecule has 1 aliphatic rings. The lowest BCUT2D eigenvalue weighted by molar-refractivity contribution is -0.118. The van der Waals surface area contributed by atoms with E-state index in [1.807, 2.05) is 18.2 Å². The van der Waals surface area contributed by atoms with E-state index in [-0.39, 0.29) is 5.28 Å². The molecule has 1 saturated heterocycles. The molecule has 146 valence electrons. The van der Waals surface area contributed by atoms with E-state index in [9.17, 15) is 4.79 Å². The number of amides is 1. The molecule has 28 heavy (non-hydrogen) atoms. The molecule has 3 aromatic rings. The molecule has 4 rings (SSSR count). The van der Waals surface area contributed by atoms with Gasteiger partial charge >= 0.3 is 0 Å². The van der Waals surface area contributed by atoms with Crippen LogP contribution in [0.25, 0.3) is 21.3 Å². The highest BCUT2D eigenvalue weighted by Gasteiger charge is 2.23. The largest absolute Gasteiger partial charge is 0.493 e. The van der Waals surface area contributed by atoms with Crippen LogP contribution in [0.1, 0.15) is 0 Å². The number of benzene rings is 1. The highest BCUT2D eigenvalue weighted by molar-refractivity contribution is 7.17. The minimum absolute atomic E-state index is 0.223. The quantitative estimate of drug-likeness (QED) is 0.467. The van der Waals surface area contributed by atoms with Gasteiger partial charge in [0.1, 0.15) is 10.6 Å². The number of anilines is 1. The van der Waals surface area contributed by atoms with Crippen LogP contribution < -0.4 is 14.4 Å². The van der Waals surface area contributed by atoms with E-state index in [4.69, 9.17) is 21.1 Å². The number of nitrogens with zero attached hydrogens (tertiary/aromatic N) is 4. The van der Waals surface area contributed by atoms with Gasteiger partial charge in [0.05, 0.1) is 19.6 Å². The monoisotopic (exact) mass is 418 g/mol. The Morgan fingerprint density at radius 3 is 2.54 bits per heavy atom. The Morgan fingerprint density at radius 1 is 1.11 bits per heavy atom. The molecule has 9 heteroatoms. The maximum absolute atomic E-state index is 11.0. The Labute approximate surface area is 171 Å². The van der Waals surface area contributed by atoms with Crippen LogP contribution in [0.2, 0.25) is 5.28 Å². The third kappa shape index (κ3) is 3.33. The number of aromatic nitrogens is 2. The van der Waals surface area contributed by atoms with Crippen molar-refractivity contribution in [3.63, 3.8) is 0 Å². The second-order valence-corrected chi connectivity index (χ2v) is 7.54. The van der Waals surface area contributed by atoms with Crippen LogP contribution in [0.5, 0.6) is 11.5 Å². The van der Waals surface area contributed by atoms with E-state index < -0.39 is 0 Å². The number of thiophene rings is 1. The lowest BCUT2D eigenvalue weighted by Crippen LogP contribution is -2.46. The number of fused-ring (bicyclic) bond motifs is 1. The van der Waals surface area contributed by atoms with E-state index in [0.29, 0.717) is 37.7 Å². The van der Waals surface area contributed by atoms with Crippen LogP contribution in [-0.2, 0) is 4.79 Å². The molecule has 0 radical (unpaired) electrons. The zero-order chi connectivity index (χ0) is 19.7. The van der Waals surface area contributed by atoms with Crippen molar-refractivity contribution in [2.24, 2.45) is 0 Å². The molecule has 7 nitrogen and oxygen atoms in total. The summed E-state index contributed by atoms with van der Waals surface area (Å²) in [4.78, 5) is 24.7. The summed E-state index contributed by atoms with van der Waals surface area (Å²) in [6, 6.07) is 5.82. The van der Waals surface area contributed by atoms with Crippen molar-refractivity contribution < 1.29 is 14.3 Å². The van der Waals surface area contributed by atoms with Crippen LogP contribution >= 0.6 is 22.9 Å². The summed E-state index contributed by atoms with van der Waals surface area (Å²) >= 11 is 7.72. The first kappa shape index (κ1) is 18.8. The highest BCUT2D eigenvalue weighted by Crippen LogP contribution is 2.41. The minimum atomic E-state index is 0.223. The van der Waals surface area contributed by atoms with Gasteiger partial charge in [0, 0.05) is 37.1 Å². The molecule has 1 fully saturated rings. The van der Waals surface area contributed by atoms with Gasteiger partial charge in [-0.25, -0.2) is 4.98 Å². The molecule has 0 atom stereocenters. The number of carbonyl (C=O) groups is 1. The van der Waals surface area contributed by atoms with E-state index in [2.05, 4.69) is 20.2 Å². The maximum atomic E-state index is 11.0. The van der Waals surface area contributed by atoms with Gasteiger partial charge in [-0.3, -0.25) is 4.79 Å². The first-order valence-corrected chi connectivity index (χ1v) is 10.0. The average Bonchev–Trinajstić information content (AvgIpc) is 3.16. The third-order valence-corrected chi connectivity index (χ3v) is 5.89. The first-order chi connectivity index (χ1) is 13.6. The summed E-state index contributed by atoms with van der Waals surface area (Å²) in [5.41, 5.74) is 2.01. The van der Waals surface area contributed by atoms with E-state index in [0.717, 1.165) is 33.6 Å². The molecule has 1 amide bonds. The van der Waals surface area contributed by atoms with Crippen molar-refractivity contribution in [1.82, 2.24) is 14.9 Å².